The summed E-state index contributed by atoms with van der Waals surface area (Å²) in [6.45, 7) is 3.11. The fourth-order valence-corrected chi connectivity index (χ4v) is 2.47. The number of nitrogens with one attached hydrogen (secondary N) is 2. The fourth-order valence-electron chi connectivity index (χ4n) is 2.47. The second-order valence-electron chi connectivity index (χ2n) is 4.81. The number of fused-ring (bicyclic) bond motifs is 1. The zero-order chi connectivity index (χ0) is 13.8. The van der Waals surface area contributed by atoms with Crippen LogP contribution >= 0.6 is 0 Å². The molecular weight excluding hydrogens is 248 g/mol. The van der Waals surface area contributed by atoms with E-state index in [2.05, 4.69) is 45.4 Å². The highest BCUT2D eigenvalue weighted by Gasteiger charge is 2.17. The average Bonchev–Trinajstić information content (AvgIpc) is 3.02. The van der Waals surface area contributed by atoms with Crippen LogP contribution in [0.4, 0.5) is 0 Å². The van der Waals surface area contributed by atoms with Gasteiger partial charge in [-0.15, -0.1) is 0 Å². The van der Waals surface area contributed by atoms with Gasteiger partial charge in [-0.1, -0.05) is 25.1 Å². The van der Waals surface area contributed by atoms with Crippen molar-refractivity contribution in [1.82, 2.24) is 20.3 Å². The van der Waals surface area contributed by atoms with E-state index in [1.165, 1.54) is 16.3 Å². The van der Waals surface area contributed by atoms with E-state index in [1.54, 1.807) is 6.20 Å². The minimum atomic E-state index is 0.0675. The maximum absolute atomic E-state index is 4.41. The number of aromatic amines is 1. The Kier molecular flexibility index (Phi) is 3.74. The molecule has 1 unspecified atom stereocenters. The zero-order valence-corrected chi connectivity index (χ0v) is 11.5. The Morgan fingerprint density at radius 3 is 3.00 bits per heavy atom. The predicted octanol–water partition coefficient (Wildman–Crippen LogP) is 3.05. The van der Waals surface area contributed by atoms with Gasteiger partial charge >= 0.3 is 0 Å². The molecule has 0 aliphatic carbocycles. The third-order valence-electron chi connectivity index (χ3n) is 3.42. The number of aromatic nitrogens is 3. The smallest absolute Gasteiger partial charge is 0.127 e. The third-order valence-corrected chi connectivity index (χ3v) is 3.42. The maximum atomic E-state index is 4.41. The Hall–Kier alpha value is -2.20. The van der Waals surface area contributed by atoms with E-state index in [0.29, 0.717) is 0 Å². The van der Waals surface area contributed by atoms with Gasteiger partial charge in [0.25, 0.3) is 0 Å². The van der Waals surface area contributed by atoms with Crippen molar-refractivity contribution in [3.8, 4) is 0 Å². The van der Waals surface area contributed by atoms with Crippen molar-refractivity contribution in [2.24, 2.45) is 0 Å². The Balaban J connectivity index is 2.09. The molecule has 0 saturated heterocycles. The van der Waals surface area contributed by atoms with E-state index < -0.39 is 0 Å². The summed E-state index contributed by atoms with van der Waals surface area (Å²) in [6.07, 6.45) is 8.49. The van der Waals surface area contributed by atoms with Gasteiger partial charge in [-0.05, 0) is 30.0 Å². The molecule has 3 aromatic rings. The summed E-state index contributed by atoms with van der Waals surface area (Å²) in [5.74, 6) is 0.940. The minimum absolute atomic E-state index is 0.0675. The Morgan fingerprint density at radius 2 is 2.20 bits per heavy atom. The minimum Gasteiger partial charge on any atom is -0.347 e. The third kappa shape index (κ3) is 2.42. The highest BCUT2D eigenvalue weighted by molar-refractivity contribution is 5.85. The van der Waals surface area contributed by atoms with Crippen molar-refractivity contribution in [1.29, 1.82) is 0 Å². The molecule has 0 aliphatic rings. The summed E-state index contributed by atoms with van der Waals surface area (Å²) in [6, 6.07) is 8.44. The van der Waals surface area contributed by atoms with E-state index in [0.717, 1.165) is 18.8 Å². The number of hydrogen-bond acceptors (Lipinski definition) is 3. The fraction of sp³-hybridized carbons (Fsp3) is 0.250. The van der Waals surface area contributed by atoms with Crippen molar-refractivity contribution in [3.05, 3.63) is 60.4 Å². The summed E-state index contributed by atoms with van der Waals surface area (Å²) in [4.78, 5) is 11.9. The number of hydrogen-bond donors (Lipinski definition) is 2. The molecule has 4 nitrogen and oxygen atoms in total. The summed E-state index contributed by atoms with van der Waals surface area (Å²) in [5, 5.41) is 5.93. The van der Waals surface area contributed by atoms with Crippen LogP contribution in [0.2, 0.25) is 0 Å². The standard InChI is InChI=1S/C16H18N4/c1-2-7-18-15(16-19-9-10-20-16)13-5-3-4-12-6-8-17-11-14(12)13/h3-6,8-11,15,18H,2,7H2,1H3,(H,19,20). The molecule has 2 N–H and O–H groups in total. The molecule has 3 rings (SSSR count). The number of benzene rings is 1. The van der Waals surface area contributed by atoms with E-state index >= 15 is 0 Å². The van der Waals surface area contributed by atoms with Crippen molar-refractivity contribution in [3.63, 3.8) is 0 Å². The molecule has 20 heavy (non-hydrogen) atoms. The lowest BCUT2D eigenvalue weighted by Gasteiger charge is -2.18. The largest absolute Gasteiger partial charge is 0.347 e. The topological polar surface area (TPSA) is 53.6 Å². The molecule has 0 amide bonds. The number of nitrogens with zero attached hydrogens (tertiary/aromatic N) is 2. The maximum Gasteiger partial charge on any atom is 0.127 e. The number of pyridine rings is 1. The molecule has 102 valence electrons. The Bertz CT molecular complexity index is 671. The van der Waals surface area contributed by atoms with Crippen LogP contribution in [0.15, 0.2) is 49.1 Å². The van der Waals surface area contributed by atoms with Crippen LogP contribution in [0.25, 0.3) is 10.8 Å². The van der Waals surface area contributed by atoms with Crippen molar-refractivity contribution in [2.45, 2.75) is 19.4 Å². The van der Waals surface area contributed by atoms with E-state index in [4.69, 9.17) is 0 Å². The quantitative estimate of drug-likeness (QED) is 0.746. The van der Waals surface area contributed by atoms with E-state index in [1.807, 2.05) is 24.7 Å². The summed E-state index contributed by atoms with van der Waals surface area (Å²) < 4.78 is 0. The van der Waals surface area contributed by atoms with Gasteiger partial charge in [0.15, 0.2) is 0 Å². The van der Waals surface area contributed by atoms with Gasteiger partial charge in [-0.25, -0.2) is 4.98 Å². The number of rotatable bonds is 5. The average molecular weight is 266 g/mol. The first-order valence-corrected chi connectivity index (χ1v) is 6.95. The van der Waals surface area contributed by atoms with Crippen LogP contribution in [0.1, 0.15) is 30.8 Å². The lowest BCUT2D eigenvalue weighted by atomic mass is 9.99. The van der Waals surface area contributed by atoms with Crippen LogP contribution in [0.5, 0.6) is 0 Å². The van der Waals surface area contributed by atoms with Gasteiger partial charge in [0.2, 0.25) is 0 Å². The molecule has 2 aromatic heterocycles. The lowest BCUT2D eigenvalue weighted by Crippen LogP contribution is -2.24. The van der Waals surface area contributed by atoms with E-state index in [9.17, 15) is 0 Å². The predicted molar refractivity (Wildman–Crippen MR) is 80.5 cm³/mol. The van der Waals surface area contributed by atoms with Crippen molar-refractivity contribution < 1.29 is 0 Å². The first kappa shape index (κ1) is 12.8. The Morgan fingerprint density at radius 1 is 1.25 bits per heavy atom. The summed E-state index contributed by atoms with van der Waals surface area (Å²) in [7, 11) is 0. The van der Waals surface area contributed by atoms with Crippen LogP contribution in [0, 0.1) is 0 Å². The molecule has 1 atom stereocenters. The molecule has 0 bridgehead atoms. The van der Waals surface area contributed by atoms with E-state index in [-0.39, 0.29) is 6.04 Å². The second kappa shape index (κ2) is 5.84. The van der Waals surface area contributed by atoms with Crippen LogP contribution in [-0.2, 0) is 0 Å². The second-order valence-corrected chi connectivity index (χ2v) is 4.81. The van der Waals surface area contributed by atoms with Crippen molar-refractivity contribution in [2.75, 3.05) is 6.54 Å². The van der Waals surface area contributed by atoms with Gasteiger partial charge in [0.1, 0.15) is 5.82 Å². The van der Waals surface area contributed by atoms with Gasteiger partial charge in [-0.2, -0.15) is 0 Å². The van der Waals surface area contributed by atoms with Gasteiger partial charge in [0, 0.05) is 30.2 Å². The molecular formula is C16H18N4. The highest BCUT2D eigenvalue weighted by Crippen LogP contribution is 2.26. The number of imidazole rings is 1. The van der Waals surface area contributed by atoms with Gasteiger partial charge < -0.3 is 10.3 Å². The first-order chi connectivity index (χ1) is 9.90. The van der Waals surface area contributed by atoms with Gasteiger partial charge in [-0.3, -0.25) is 4.98 Å². The summed E-state index contributed by atoms with van der Waals surface area (Å²) >= 11 is 0. The number of H-pyrrole nitrogens is 1. The van der Waals surface area contributed by atoms with Crippen LogP contribution in [-0.4, -0.2) is 21.5 Å². The van der Waals surface area contributed by atoms with Crippen molar-refractivity contribution >= 4 is 10.8 Å². The lowest BCUT2D eigenvalue weighted by molar-refractivity contribution is 0.579. The summed E-state index contributed by atoms with van der Waals surface area (Å²) in [5.41, 5.74) is 1.21. The first-order valence-electron chi connectivity index (χ1n) is 6.95. The SMILES string of the molecule is CCCNC(c1ncc[nH]1)c1cccc2ccncc12. The molecule has 0 spiro atoms. The molecule has 4 heteroatoms. The molecule has 0 fully saturated rings. The molecule has 0 aliphatic heterocycles. The Labute approximate surface area is 118 Å². The molecule has 1 aromatic carbocycles. The van der Waals surface area contributed by atoms with Crippen LogP contribution in [0.3, 0.4) is 0 Å². The monoisotopic (exact) mass is 266 g/mol. The molecule has 0 radical (unpaired) electrons. The van der Waals surface area contributed by atoms with Gasteiger partial charge in [0.05, 0.1) is 6.04 Å². The van der Waals surface area contributed by atoms with Crippen LogP contribution < -0.4 is 5.32 Å². The zero-order valence-electron chi connectivity index (χ0n) is 11.5. The molecule has 0 saturated carbocycles. The normalized spacial score (nSPS) is 12.7. The highest BCUT2D eigenvalue weighted by atomic mass is 15.0. The molecule has 2 heterocycles.